The Morgan fingerprint density at radius 2 is 1.90 bits per heavy atom. The fraction of sp³-hybridized carbons (Fsp3) is 0.778. The van der Waals surface area contributed by atoms with Crippen molar-refractivity contribution in [1.82, 2.24) is 0 Å². The Morgan fingerprint density at radius 1 is 1.19 bits per heavy atom. The highest BCUT2D eigenvalue weighted by atomic mass is 16.3. The molecule has 7 atom stereocenters. The molecule has 0 aromatic rings. The summed E-state index contributed by atoms with van der Waals surface area (Å²) in [6.07, 6.45) is 10.6. The second kappa shape index (κ2) is 9.51. The van der Waals surface area contributed by atoms with Gasteiger partial charge in [0.2, 0.25) is 0 Å². The van der Waals surface area contributed by atoms with Crippen molar-refractivity contribution in [2.75, 3.05) is 0 Å². The molecule has 0 spiro atoms. The summed E-state index contributed by atoms with van der Waals surface area (Å²) in [4.78, 5) is 0. The van der Waals surface area contributed by atoms with Crippen LogP contribution in [0.4, 0.5) is 0 Å². The van der Waals surface area contributed by atoms with Gasteiger partial charge in [0.25, 0.3) is 0 Å². The third-order valence-corrected chi connectivity index (χ3v) is 8.57. The summed E-state index contributed by atoms with van der Waals surface area (Å²) in [6.45, 7) is 12.6. The fourth-order valence-corrected chi connectivity index (χ4v) is 6.76. The molecule has 0 aromatic heterocycles. The third kappa shape index (κ3) is 5.35. The van der Waals surface area contributed by atoms with E-state index in [0.29, 0.717) is 34.3 Å². The zero-order chi connectivity index (χ0) is 23.0. The van der Waals surface area contributed by atoms with Crippen LogP contribution in [0.25, 0.3) is 0 Å². The lowest BCUT2D eigenvalue weighted by Crippen LogP contribution is -2.39. The number of fused-ring (bicyclic) bond motifs is 1. The smallest absolute Gasteiger partial charge is 0.105 e. The molecule has 0 radical (unpaired) electrons. The molecule has 3 saturated carbocycles. The van der Waals surface area contributed by atoms with E-state index in [9.17, 15) is 20.4 Å². The van der Waals surface area contributed by atoms with Crippen molar-refractivity contribution in [3.8, 4) is 0 Å². The quantitative estimate of drug-likeness (QED) is 0.491. The van der Waals surface area contributed by atoms with Gasteiger partial charge in [0.1, 0.15) is 6.10 Å². The summed E-state index contributed by atoms with van der Waals surface area (Å²) in [6, 6.07) is 0. The van der Waals surface area contributed by atoms with E-state index < -0.39 is 23.9 Å². The Hall–Kier alpha value is -0.940. The average molecular weight is 433 g/mol. The molecule has 0 heterocycles. The van der Waals surface area contributed by atoms with Crippen LogP contribution in [-0.2, 0) is 0 Å². The second-order valence-corrected chi connectivity index (χ2v) is 11.4. The number of rotatable bonds is 6. The van der Waals surface area contributed by atoms with Crippen LogP contribution in [-0.4, -0.2) is 44.3 Å². The first-order valence-electron chi connectivity index (χ1n) is 12.3. The first kappa shape index (κ1) is 24.7. The van der Waals surface area contributed by atoms with Crippen LogP contribution in [0, 0.1) is 23.2 Å². The molecule has 31 heavy (non-hydrogen) atoms. The van der Waals surface area contributed by atoms with Crippen LogP contribution < -0.4 is 0 Å². The average Bonchev–Trinajstić information content (AvgIpc) is 3.03. The number of aliphatic hydroxyl groups excluding tert-OH is 3. The van der Waals surface area contributed by atoms with E-state index in [0.717, 1.165) is 19.3 Å². The minimum atomic E-state index is -0.977. The van der Waals surface area contributed by atoms with Gasteiger partial charge in [-0.05, 0) is 86.7 Å². The Labute approximate surface area is 188 Å². The third-order valence-electron chi connectivity index (χ3n) is 8.57. The van der Waals surface area contributed by atoms with Crippen molar-refractivity contribution in [2.45, 2.75) is 109 Å². The zero-order valence-electron chi connectivity index (χ0n) is 20.0. The minimum Gasteiger partial charge on any atom is -0.390 e. The highest BCUT2D eigenvalue weighted by molar-refractivity contribution is 5.41. The van der Waals surface area contributed by atoms with E-state index >= 15 is 0 Å². The lowest BCUT2D eigenvalue weighted by molar-refractivity contribution is -0.00211. The molecule has 3 aliphatic rings. The minimum absolute atomic E-state index is 0.141. The van der Waals surface area contributed by atoms with Crippen molar-refractivity contribution in [3.63, 3.8) is 0 Å². The Bertz CT molecular complexity index is 715. The molecular weight excluding hydrogens is 388 g/mol. The van der Waals surface area contributed by atoms with E-state index in [-0.39, 0.29) is 6.42 Å². The summed E-state index contributed by atoms with van der Waals surface area (Å²) in [5, 5.41) is 40.6. The van der Waals surface area contributed by atoms with E-state index in [4.69, 9.17) is 0 Å². The highest BCUT2D eigenvalue weighted by Crippen LogP contribution is 2.60. The van der Waals surface area contributed by atoms with Crippen LogP contribution in [0.3, 0.4) is 0 Å². The van der Waals surface area contributed by atoms with E-state index in [1.807, 2.05) is 19.9 Å². The maximum Gasteiger partial charge on any atom is 0.105 e. The molecule has 0 saturated heterocycles. The van der Waals surface area contributed by atoms with Gasteiger partial charge in [0.15, 0.2) is 0 Å². The Kier molecular flexibility index (Phi) is 7.57. The molecule has 0 unspecified atom stereocenters. The van der Waals surface area contributed by atoms with Crippen molar-refractivity contribution in [2.24, 2.45) is 23.2 Å². The highest BCUT2D eigenvalue weighted by Gasteiger charge is 2.50. The molecular formula is C27H44O4. The largest absolute Gasteiger partial charge is 0.390 e. The number of hydrogen-bond acceptors (Lipinski definition) is 4. The first-order chi connectivity index (χ1) is 14.4. The molecule has 4 N–H and O–H groups in total. The lowest BCUT2D eigenvalue weighted by atomic mass is 9.60. The summed E-state index contributed by atoms with van der Waals surface area (Å²) in [5.74, 6) is 1.92. The van der Waals surface area contributed by atoms with E-state index in [1.165, 1.54) is 37.7 Å². The van der Waals surface area contributed by atoms with Gasteiger partial charge in [-0.25, -0.2) is 0 Å². The van der Waals surface area contributed by atoms with Gasteiger partial charge in [-0.1, -0.05) is 51.0 Å². The number of aliphatic hydroxyl groups is 4. The standard InChI is InChI=1S/C27H44O4/c1-17(8-6-14-26(3,4)31)21-12-13-22-19(9-7-15-27(21,22)5)10-11-20-18(2)23(28)16-24(29)25(20)30/h10-11,17,21-25,28-31H,2,6-9,12-16H2,1,3-5H3/b19-10+,20-11+/t17-,21-,22+,23+,24+,25+,27-/m1/s1. The molecule has 4 nitrogen and oxygen atoms in total. The normalized spacial score (nSPS) is 40.4. The fourth-order valence-electron chi connectivity index (χ4n) is 6.76. The van der Waals surface area contributed by atoms with Crippen LogP contribution in [0.2, 0.25) is 0 Å². The Morgan fingerprint density at radius 3 is 2.58 bits per heavy atom. The predicted octanol–water partition coefficient (Wildman–Crippen LogP) is 4.68. The van der Waals surface area contributed by atoms with Crippen LogP contribution in [0.1, 0.15) is 85.5 Å². The van der Waals surface area contributed by atoms with Gasteiger partial charge in [-0.15, -0.1) is 0 Å². The monoisotopic (exact) mass is 432 g/mol. The van der Waals surface area contributed by atoms with Gasteiger partial charge in [-0.3, -0.25) is 0 Å². The number of allylic oxidation sites excluding steroid dienone is 3. The molecule has 3 aliphatic carbocycles. The lowest BCUT2D eigenvalue weighted by Gasteiger charge is -2.44. The number of hydrogen-bond donors (Lipinski definition) is 4. The first-order valence-corrected chi connectivity index (χ1v) is 12.3. The second-order valence-electron chi connectivity index (χ2n) is 11.4. The van der Waals surface area contributed by atoms with Gasteiger partial charge in [0.05, 0.1) is 17.8 Å². The van der Waals surface area contributed by atoms with Crippen molar-refractivity contribution in [3.05, 3.63) is 35.5 Å². The summed E-state index contributed by atoms with van der Waals surface area (Å²) < 4.78 is 0. The predicted molar refractivity (Wildman–Crippen MR) is 125 cm³/mol. The maximum atomic E-state index is 10.4. The molecule has 3 fully saturated rings. The van der Waals surface area contributed by atoms with Crippen molar-refractivity contribution < 1.29 is 20.4 Å². The summed E-state index contributed by atoms with van der Waals surface area (Å²) >= 11 is 0. The molecule has 0 aliphatic heterocycles. The molecule has 176 valence electrons. The molecule has 0 aromatic carbocycles. The van der Waals surface area contributed by atoms with Crippen LogP contribution >= 0.6 is 0 Å². The van der Waals surface area contributed by atoms with Crippen molar-refractivity contribution in [1.29, 1.82) is 0 Å². The van der Waals surface area contributed by atoms with Gasteiger partial charge in [-0.2, -0.15) is 0 Å². The van der Waals surface area contributed by atoms with Gasteiger partial charge >= 0.3 is 0 Å². The van der Waals surface area contributed by atoms with Gasteiger partial charge in [0, 0.05) is 6.42 Å². The molecule has 0 bridgehead atoms. The molecule has 3 rings (SSSR count). The molecule has 4 heteroatoms. The maximum absolute atomic E-state index is 10.4. The SMILES string of the molecule is C=C1/C(=C\C=C2/CCC[C@]3(C)[C@@H]([C@H](C)CCCC(C)(C)O)CC[C@@H]23)[C@H](O)[C@@H](O)C[C@@H]1O. The van der Waals surface area contributed by atoms with Gasteiger partial charge < -0.3 is 20.4 Å². The topological polar surface area (TPSA) is 80.9 Å². The molecule has 0 amide bonds. The van der Waals surface area contributed by atoms with E-state index in [2.05, 4.69) is 26.5 Å². The van der Waals surface area contributed by atoms with E-state index in [1.54, 1.807) is 0 Å². The van der Waals surface area contributed by atoms with Crippen LogP contribution in [0.5, 0.6) is 0 Å². The summed E-state index contributed by atoms with van der Waals surface area (Å²) in [7, 11) is 0. The van der Waals surface area contributed by atoms with Crippen molar-refractivity contribution >= 4 is 0 Å². The summed E-state index contributed by atoms with van der Waals surface area (Å²) in [5.41, 5.74) is 2.27. The zero-order valence-corrected chi connectivity index (χ0v) is 20.0. The Balaban J connectivity index is 1.74. The van der Waals surface area contributed by atoms with Crippen LogP contribution in [0.15, 0.2) is 35.5 Å².